The highest BCUT2D eigenvalue weighted by molar-refractivity contribution is 5.90. The highest BCUT2D eigenvalue weighted by atomic mass is 16.5. The molecule has 0 spiro atoms. The fourth-order valence-corrected chi connectivity index (χ4v) is 2.82. The van der Waals surface area contributed by atoms with E-state index in [2.05, 4.69) is 15.5 Å². The predicted molar refractivity (Wildman–Crippen MR) is 84.6 cm³/mol. The van der Waals surface area contributed by atoms with Crippen LogP contribution in [0.5, 0.6) is 0 Å². The molecule has 1 fully saturated rings. The molecule has 2 N–H and O–H groups in total. The Morgan fingerprint density at radius 1 is 1.41 bits per heavy atom. The van der Waals surface area contributed by atoms with Crippen molar-refractivity contribution in [2.24, 2.45) is 0 Å². The minimum atomic E-state index is -0.0596. The topological polar surface area (TPSA) is 70.2 Å². The Labute approximate surface area is 129 Å². The quantitative estimate of drug-likeness (QED) is 0.912. The SMILES string of the molecule is COC[C@@H]1CCCN1C(=O)Nc1ccc(-c2cn[nH]c2)cc1. The van der Waals surface area contributed by atoms with Crippen LogP contribution in [-0.2, 0) is 4.74 Å². The van der Waals surface area contributed by atoms with E-state index in [-0.39, 0.29) is 12.1 Å². The average molecular weight is 300 g/mol. The van der Waals surface area contributed by atoms with E-state index in [9.17, 15) is 4.79 Å². The molecule has 1 saturated heterocycles. The second-order valence-corrected chi connectivity index (χ2v) is 5.44. The van der Waals surface area contributed by atoms with E-state index in [1.165, 1.54) is 0 Å². The van der Waals surface area contributed by atoms with Gasteiger partial charge in [-0.25, -0.2) is 4.79 Å². The summed E-state index contributed by atoms with van der Waals surface area (Å²) in [5.41, 5.74) is 2.88. The molecule has 0 aliphatic carbocycles. The van der Waals surface area contributed by atoms with Gasteiger partial charge in [0.25, 0.3) is 0 Å². The van der Waals surface area contributed by atoms with Gasteiger partial charge in [-0.2, -0.15) is 5.10 Å². The third-order valence-corrected chi connectivity index (χ3v) is 3.96. The van der Waals surface area contributed by atoms with Gasteiger partial charge in [0.2, 0.25) is 0 Å². The molecule has 1 aliphatic rings. The Balaban J connectivity index is 1.64. The van der Waals surface area contributed by atoms with Crippen molar-refractivity contribution in [1.82, 2.24) is 15.1 Å². The smallest absolute Gasteiger partial charge is 0.322 e. The highest BCUT2D eigenvalue weighted by Crippen LogP contribution is 2.22. The van der Waals surface area contributed by atoms with E-state index in [1.54, 1.807) is 13.3 Å². The van der Waals surface area contributed by atoms with Gasteiger partial charge in [0.15, 0.2) is 0 Å². The molecule has 6 heteroatoms. The molecule has 6 nitrogen and oxygen atoms in total. The molecule has 1 aromatic carbocycles. The van der Waals surface area contributed by atoms with Crippen LogP contribution >= 0.6 is 0 Å². The zero-order chi connectivity index (χ0) is 15.4. The molecule has 0 unspecified atom stereocenters. The number of rotatable bonds is 4. The first-order valence-corrected chi connectivity index (χ1v) is 7.43. The Morgan fingerprint density at radius 2 is 2.23 bits per heavy atom. The molecule has 3 rings (SSSR count). The number of aromatic amines is 1. The maximum absolute atomic E-state index is 12.4. The molecule has 2 amide bonds. The fourth-order valence-electron chi connectivity index (χ4n) is 2.82. The van der Waals surface area contributed by atoms with E-state index in [0.29, 0.717) is 6.61 Å². The first-order chi connectivity index (χ1) is 10.8. The Bertz CT molecular complexity index is 610. The van der Waals surface area contributed by atoms with Crippen LogP contribution in [0.15, 0.2) is 36.7 Å². The van der Waals surface area contributed by atoms with E-state index >= 15 is 0 Å². The number of nitrogens with one attached hydrogen (secondary N) is 2. The average Bonchev–Trinajstić information content (AvgIpc) is 3.19. The van der Waals surface area contributed by atoms with Gasteiger partial charge in [0, 0.05) is 31.1 Å². The molecule has 2 heterocycles. The molecule has 0 radical (unpaired) electrons. The number of amides is 2. The maximum atomic E-state index is 12.4. The van der Waals surface area contributed by atoms with Crippen LogP contribution in [0.4, 0.5) is 10.5 Å². The van der Waals surface area contributed by atoms with Gasteiger partial charge in [0.05, 0.1) is 18.8 Å². The molecule has 116 valence electrons. The molecule has 22 heavy (non-hydrogen) atoms. The number of likely N-dealkylation sites (tertiary alicyclic amines) is 1. The predicted octanol–water partition coefficient (Wildman–Crippen LogP) is 2.72. The summed E-state index contributed by atoms with van der Waals surface area (Å²) in [6.45, 7) is 1.37. The molecule has 1 aromatic heterocycles. The summed E-state index contributed by atoms with van der Waals surface area (Å²) in [5.74, 6) is 0. The van der Waals surface area contributed by atoms with Gasteiger partial charge in [0.1, 0.15) is 0 Å². The summed E-state index contributed by atoms with van der Waals surface area (Å²) in [7, 11) is 1.67. The maximum Gasteiger partial charge on any atom is 0.322 e. The van der Waals surface area contributed by atoms with Gasteiger partial charge in [-0.3, -0.25) is 5.10 Å². The number of nitrogens with zero attached hydrogens (tertiary/aromatic N) is 2. The normalized spacial score (nSPS) is 17.7. The van der Waals surface area contributed by atoms with Crippen LogP contribution in [0.3, 0.4) is 0 Å². The number of carbonyl (C=O) groups is 1. The number of urea groups is 1. The Hall–Kier alpha value is -2.34. The summed E-state index contributed by atoms with van der Waals surface area (Å²) in [6, 6.07) is 7.86. The fraction of sp³-hybridized carbons (Fsp3) is 0.375. The van der Waals surface area contributed by atoms with Crippen LogP contribution in [0, 0.1) is 0 Å². The standard InChI is InChI=1S/C16H20N4O2/c1-22-11-15-3-2-8-20(15)16(21)19-14-6-4-12(5-7-14)13-9-17-18-10-13/h4-7,9-10,15H,2-3,8,11H2,1H3,(H,17,18)(H,19,21)/t15-/m0/s1. The highest BCUT2D eigenvalue weighted by Gasteiger charge is 2.28. The number of carbonyl (C=O) groups excluding carboxylic acids is 1. The van der Waals surface area contributed by atoms with Crippen LogP contribution in [0.25, 0.3) is 11.1 Å². The van der Waals surface area contributed by atoms with Gasteiger partial charge in [-0.15, -0.1) is 0 Å². The number of anilines is 1. The minimum absolute atomic E-state index is 0.0596. The molecule has 1 aliphatic heterocycles. The van der Waals surface area contributed by atoms with Gasteiger partial charge >= 0.3 is 6.03 Å². The van der Waals surface area contributed by atoms with Crippen LogP contribution in [0.2, 0.25) is 0 Å². The number of ether oxygens (including phenoxy) is 1. The molecular weight excluding hydrogens is 280 g/mol. The third kappa shape index (κ3) is 3.12. The minimum Gasteiger partial charge on any atom is -0.383 e. The number of methoxy groups -OCH3 is 1. The summed E-state index contributed by atoms with van der Waals surface area (Å²) < 4.78 is 5.18. The zero-order valence-corrected chi connectivity index (χ0v) is 12.6. The Kier molecular flexibility index (Phi) is 4.39. The Morgan fingerprint density at radius 3 is 2.91 bits per heavy atom. The number of H-pyrrole nitrogens is 1. The van der Waals surface area contributed by atoms with Crippen LogP contribution in [-0.4, -0.2) is 47.4 Å². The van der Waals surface area contributed by atoms with Crippen molar-refractivity contribution in [3.05, 3.63) is 36.7 Å². The van der Waals surface area contributed by atoms with E-state index in [1.807, 2.05) is 35.4 Å². The summed E-state index contributed by atoms with van der Waals surface area (Å²) in [6.07, 6.45) is 5.64. The molecule has 1 atom stereocenters. The van der Waals surface area contributed by atoms with E-state index < -0.39 is 0 Å². The van der Waals surface area contributed by atoms with Crippen molar-refractivity contribution in [3.8, 4) is 11.1 Å². The summed E-state index contributed by atoms with van der Waals surface area (Å²) >= 11 is 0. The van der Waals surface area contributed by atoms with Gasteiger partial charge in [-0.1, -0.05) is 12.1 Å². The number of hydrogen-bond donors (Lipinski definition) is 2. The van der Waals surface area contributed by atoms with E-state index in [4.69, 9.17) is 4.74 Å². The largest absolute Gasteiger partial charge is 0.383 e. The van der Waals surface area contributed by atoms with Crippen molar-refractivity contribution in [2.75, 3.05) is 25.6 Å². The molecule has 2 aromatic rings. The lowest BCUT2D eigenvalue weighted by Crippen LogP contribution is -2.40. The van der Waals surface area contributed by atoms with Crippen LogP contribution < -0.4 is 5.32 Å². The first-order valence-electron chi connectivity index (χ1n) is 7.43. The van der Waals surface area contributed by atoms with Crippen molar-refractivity contribution >= 4 is 11.7 Å². The van der Waals surface area contributed by atoms with Crippen molar-refractivity contribution in [2.45, 2.75) is 18.9 Å². The van der Waals surface area contributed by atoms with Crippen LogP contribution in [0.1, 0.15) is 12.8 Å². The number of hydrogen-bond acceptors (Lipinski definition) is 3. The second kappa shape index (κ2) is 6.62. The lowest BCUT2D eigenvalue weighted by Gasteiger charge is -2.24. The third-order valence-electron chi connectivity index (χ3n) is 3.96. The first kappa shape index (κ1) is 14.6. The van der Waals surface area contributed by atoms with Gasteiger partial charge < -0.3 is 15.0 Å². The molecule has 0 bridgehead atoms. The molecule has 0 saturated carbocycles. The van der Waals surface area contributed by atoms with E-state index in [0.717, 1.165) is 36.2 Å². The zero-order valence-electron chi connectivity index (χ0n) is 12.6. The van der Waals surface area contributed by atoms with Gasteiger partial charge in [-0.05, 0) is 30.5 Å². The number of benzene rings is 1. The second-order valence-electron chi connectivity index (χ2n) is 5.44. The monoisotopic (exact) mass is 300 g/mol. The molecular formula is C16H20N4O2. The lowest BCUT2D eigenvalue weighted by atomic mass is 10.1. The summed E-state index contributed by atoms with van der Waals surface area (Å²) in [5, 5.41) is 9.68. The van der Waals surface area contributed by atoms with Crippen molar-refractivity contribution in [1.29, 1.82) is 0 Å². The lowest BCUT2D eigenvalue weighted by molar-refractivity contribution is 0.128. The van der Waals surface area contributed by atoms with Crippen molar-refractivity contribution in [3.63, 3.8) is 0 Å². The summed E-state index contributed by atoms with van der Waals surface area (Å²) in [4.78, 5) is 14.2. The van der Waals surface area contributed by atoms with Crippen molar-refractivity contribution < 1.29 is 9.53 Å². The number of aromatic nitrogens is 2.